The average molecular weight is 253 g/mol. The summed E-state index contributed by atoms with van der Waals surface area (Å²) in [4.78, 5) is 11.4. The molecule has 0 amide bonds. The third kappa shape index (κ3) is 3.62. The van der Waals surface area contributed by atoms with Gasteiger partial charge in [0, 0.05) is 6.42 Å². The molecule has 0 fully saturated rings. The smallest absolute Gasteiger partial charge is 0.289 e. The van der Waals surface area contributed by atoms with Crippen LogP contribution < -0.4 is 0 Å². The highest BCUT2D eigenvalue weighted by molar-refractivity contribution is 6.09. The van der Waals surface area contributed by atoms with Crippen molar-refractivity contribution in [3.8, 4) is 0 Å². The lowest BCUT2D eigenvalue weighted by Gasteiger charge is -1.97. The Bertz CT molecular complexity index is 515. The molecule has 0 aromatic heterocycles. The van der Waals surface area contributed by atoms with Gasteiger partial charge in [0.15, 0.2) is 0 Å². The van der Waals surface area contributed by atoms with E-state index in [1.165, 1.54) is 0 Å². The van der Waals surface area contributed by atoms with E-state index in [1.807, 2.05) is 67.6 Å². The third-order valence-corrected chi connectivity index (χ3v) is 2.84. The monoisotopic (exact) mass is 253 g/mol. The molecule has 0 aliphatic carbocycles. The second-order valence-corrected chi connectivity index (χ2v) is 4.24. The normalized spacial score (nSPS) is 9.95. The minimum atomic E-state index is 0.101. The van der Waals surface area contributed by atoms with Gasteiger partial charge in [-0.05, 0) is 24.3 Å². The summed E-state index contributed by atoms with van der Waals surface area (Å²) in [7, 11) is 0. The molecule has 0 aliphatic heterocycles. The van der Waals surface area contributed by atoms with E-state index < -0.39 is 0 Å². The predicted octanol–water partition coefficient (Wildman–Crippen LogP) is 3.43. The molecule has 0 spiro atoms. The van der Waals surface area contributed by atoms with E-state index in [0.29, 0.717) is 6.42 Å². The van der Waals surface area contributed by atoms with Crippen LogP contribution in [0.15, 0.2) is 60.7 Å². The lowest BCUT2D eigenvalue weighted by Crippen LogP contribution is -2.09. The van der Waals surface area contributed by atoms with Gasteiger partial charge in [-0.15, -0.1) is 0 Å². The molecule has 0 heterocycles. The van der Waals surface area contributed by atoms with Gasteiger partial charge in [-0.2, -0.15) is 0 Å². The quantitative estimate of drug-likeness (QED) is 0.592. The number of Topliss-reactive ketones (excluding diaryl/α,β-unsaturated/α-hetero) is 1. The van der Waals surface area contributed by atoms with Crippen LogP contribution in [0.2, 0.25) is 0 Å². The van der Waals surface area contributed by atoms with Crippen molar-refractivity contribution in [3.63, 3.8) is 0 Å². The summed E-state index contributed by atoms with van der Waals surface area (Å²) in [5.41, 5.74) is 1.97. The first kappa shape index (κ1) is 13.2. The van der Waals surface area contributed by atoms with Gasteiger partial charge in [0.05, 0.1) is 11.1 Å². The molecule has 0 saturated carbocycles. The minimum Gasteiger partial charge on any atom is -0.289 e. The molecule has 0 atom stereocenters. The van der Waals surface area contributed by atoms with Crippen molar-refractivity contribution in [2.75, 3.05) is 6.61 Å². The topological polar surface area (TPSA) is 28.4 Å². The fourth-order valence-electron chi connectivity index (χ4n) is 1.77. The summed E-state index contributed by atoms with van der Waals surface area (Å²) in [6, 6.07) is 19.7. The molecule has 0 saturated heterocycles. The van der Waals surface area contributed by atoms with Crippen LogP contribution >= 0.6 is 0 Å². The summed E-state index contributed by atoms with van der Waals surface area (Å²) in [6.07, 6.45) is 0.497. The highest BCUT2D eigenvalue weighted by Gasteiger charge is 2.19. The number of carbonyl (C=O) groups is 1. The van der Waals surface area contributed by atoms with Crippen LogP contribution in [0.25, 0.3) is 0 Å². The first-order chi connectivity index (χ1) is 9.31. The Balaban J connectivity index is 2.37. The van der Waals surface area contributed by atoms with Gasteiger partial charge >= 0.3 is 12.4 Å². The van der Waals surface area contributed by atoms with E-state index in [1.54, 1.807) is 0 Å². The lowest BCUT2D eigenvalue weighted by molar-refractivity contribution is -0.260. The van der Waals surface area contributed by atoms with Gasteiger partial charge in [0.25, 0.3) is 0 Å². The van der Waals surface area contributed by atoms with Gasteiger partial charge in [0.1, 0.15) is 0 Å². The molecule has 2 nitrogen and oxygen atoms in total. The number of hydrogen-bond acceptors (Lipinski definition) is 1. The molecular formula is C17H17O2+. The molecule has 2 aromatic carbocycles. The highest BCUT2D eigenvalue weighted by Crippen LogP contribution is 2.10. The van der Waals surface area contributed by atoms with E-state index in [9.17, 15) is 4.79 Å². The van der Waals surface area contributed by atoms with E-state index in [0.717, 1.165) is 16.9 Å². The van der Waals surface area contributed by atoms with Gasteiger partial charge in [-0.25, -0.2) is 4.42 Å². The maximum absolute atomic E-state index is 11.4. The summed E-state index contributed by atoms with van der Waals surface area (Å²) in [5.74, 6) is 0.854. The van der Waals surface area contributed by atoms with E-state index in [-0.39, 0.29) is 12.4 Å². The zero-order chi connectivity index (χ0) is 13.5. The zero-order valence-electron chi connectivity index (χ0n) is 11.0. The summed E-state index contributed by atoms with van der Waals surface area (Å²) < 4.78 is 5.73. The van der Waals surface area contributed by atoms with Crippen molar-refractivity contribution in [2.45, 2.75) is 13.3 Å². The fourth-order valence-corrected chi connectivity index (χ4v) is 1.77. The zero-order valence-corrected chi connectivity index (χ0v) is 11.0. The molecule has 2 rings (SSSR count). The van der Waals surface area contributed by atoms with Crippen LogP contribution in [0, 0.1) is 0 Å². The molecule has 2 heteroatoms. The van der Waals surface area contributed by atoms with Gasteiger partial charge < -0.3 is 0 Å². The first-order valence-corrected chi connectivity index (χ1v) is 6.43. The van der Waals surface area contributed by atoms with Crippen LogP contribution in [0.3, 0.4) is 0 Å². The number of benzene rings is 2. The Labute approximate surface area is 113 Å². The molecule has 19 heavy (non-hydrogen) atoms. The maximum Gasteiger partial charge on any atom is 0.358 e. The second kappa shape index (κ2) is 6.64. The summed E-state index contributed by atoms with van der Waals surface area (Å²) in [5, 5.41) is 0. The predicted molar refractivity (Wildman–Crippen MR) is 76.5 cm³/mol. The number of carbonyl (C=O) groups excluding carboxylic acids is 2. The fraction of sp³-hybridized carbons (Fsp3) is 0.176. The van der Waals surface area contributed by atoms with E-state index in [2.05, 4.69) is 0 Å². The standard InChI is InChI=1S/C17H17O2/c1-2-16(18)13-19-17(14-9-5-3-6-10-14)15-11-7-4-8-12-15/h3-12H,2,13H2,1H3/q+1. The molecule has 0 N–H and O–H groups in total. The van der Waals surface area contributed by atoms with Crippen LogP contribution in [-0.4, -0.2) is 18.2 Å². The lowest BCUT2D eigenvalue weighted by atomic mass is 10.0. The molecule has 96 valence electrons. The highest BCUT2D eigenvalue weighted by atomic mass is 16.4. The van der Waals surface area contributed by atoms with Gasteiger partial charge in [-0.1, -0.05) is 43.3 Å². The molecular weight excluding hydrogens is 236 g/mol. The van der Waals surface area contributed by atoms with Crippen molar-refractivity contribution < 1.29 is 9.22 Å². The Morgan fingerprint density at radius 1 is 0.895 bits per heavy atom. The Hall–Kier alpha value is -2.22. The summed E-state index contributed by atoms with van der Waals surface area (Å²) in [6.45, 7) is 1.96. The maximum atomic E-state index is 11.4. The van der Waals surface area contributed by atoms with Crippen molar-refractivity contribution in [1.29, 1.82) is 0 Å². The Morgan fingerprint density at radius 2 is 1.37 bits per heavy atom. The van der Waals surface area contributed by atoms with Crippen molar-refractivity contribution in [3.05, 3.63) is 71.8 Å². The second-order valence-electron chi connectivity index (χ2n) is 4.24. The van der Waals surface area contributed by atoms with Crippen LogP contribution in [0.5, 0.6) is 0 Å². The van der Waals surface area contributed by atoms with Crippen LogP contribution in [-0.2, 0) is 4.79 Å². The Kier molecular flexibility index (Phi) is 4.62. The van der Waals surface area contributed by atoms with E-state index >= 15 is 0 Å². The molecule has 0 unspecified atom stereocenters. The van der Waals surface area contributed by atoms with Gasteiger partial charge in [0.2, 0.25) is 5.78 Å². The van der Waals surface area contributed by atoms with Gasteiger partial charge in [-0.3, -0.25) is 4.79 Å². The van der Waals surface area contributed by atoms with Crippen LogP contribution in [0.1, 0.15) is 28.9 Å². The van der Waals surface area contributed by atoms with Crippen molar-refractivity contribution in [1.82, 2.24) is 0 Å². The van der Waals surface area contributed by atoms with Crippen molar-refractivity contribution in [2.24, 2.45) is 0 Å². The molecule has 0 radical (unpaired) electrons. The number of rotatable bonds is 5. The number of hydrogen-bond donors (Lipinski definition) is 0. The average Bonchev–Trinajstić information content (AvgIpc) is 2.49. The largest absolute Gasteiger partial charge is 0.358 e. The molecule has 0 bridgehead atoms. The third-order valence-electron chi connectivity index (χ3n) is 2.84. The first-order valence-electron chi connectivity index (χ1n) is 6.43. The Morgan fingerprint density at radius 3 is 1.79 bits per heavy atom. The SMILES string of the molecule is CCC(=O)C[O+]=C(c1ccccc1)c1ccccc1. The molecule has 0 aliphatic rings. The van der Waals surface area contributed by atoms with E-state index in [4.69, 9.17) is 4.42 Å². The number of ketones is 2. The molecule has 2 aromatic rings. The van der Waals surface area contributed by atoms with Crippen LogP contribution in [0.4, 0.5) is 0 Å². The summed E-state index contributed by atoms with van der Waals surface area (Å²) >= 11 is 0. The minimum absolute atomic E-state index is 0.101. The van der Waals surface area contributed by atoms with Crippen molar-refractivity contribution >= 4 is 11.6 Å².